The first-order valence-electron chi connectivity index (χ1n) is 7.20. The number of nitro benzene ring substituents is 1. The maximum Gasteiger partial charge on any atom is 0.272 e. The Hall–Kier alpha value is -1.95. The van der Waals surface area contributed by atoms with Crippen LogP contribution in [0, 0.1) is 17.0 Å². The molecule has 1 aromatic carbocycles. The second-order valence-electron chi connectivity index (χ2n) is 5.60. The van der Waals surface area contributed by atoms with E-state index in [1.165, 1.54) is 0 Å². The van der Waals surface area contributed by atoms with E-state index < -0.39 is 0 Å². The molecule has 1 saturated heterocycles. The Morgan fingerprint density at radius 1 is 1.48 bits per heavy atom. The van der Waals surface area contributed by atoms with Crippen LogP contribution in [0.4, 0.5) is 5.69 Å². The summed E-state index contributed by atoms with van der Waals surface area (Å²) in [5.41, 5.74) is 1.46. The zero-order chi connectivity index (χ0) is 15.7. The third kappa shape index (κ3) is 2.76. The van der Waals surface area contributed by atoms with Crippen molar-refractivity contribution >= 4 is 11.6 Å². The highest BCUT2D eigenvalue weighted by atomic mass is 16.6. The summed E-state index contributed by atoms with van der Waals surface area (Å²) < 4.78 is 0. The fourth-order valence-corrected chi connectivity index (χ4v) is 2.66. The van der Waals surface area contributed by atoms with Crippen LogP contribution in [0.5, 0.6) is 0 Å². The summed E-state index contributed by atoms with van der Waals surface area (Å²) in [6, 6.07) is 4.95. The SMILES string of the molecule is CCC(C)N1C(=O)C(C)NC1c1ccc(C)c([N+](=O)[O-])c1. The minimum atomic E-state index is -0.382. The number of aryl methyl sites for hydroxylation is 1. The number of carbonyl (C=O) groups is 1. The number of benzene rings is 1. The third-order valence-electron chi connectivity index (χ3n) is 4.12. The van der Waals surface area contributed by atoms with Gasteiger partial charge in [0.2, 0.25) is 5.91 Å². The predicted octanol–water partition coefficient (Wildman–Crippen LogP) is 2.52. The Labute approximate surface area is 124 Å². The van der Waals surface area contributed by atoms with E-state index in [1.54, 1.807) is 24.0 Å². The monoisotopic (exact) mass is 291 g/mol. The fourth-order valence-electron chi connectivity index (χ4n) is 2.66. The van der Waals surface area contributed by atoms with Crippen LogP contribution in [0.2, 0.25) is 0 Å². The quantitative estimate of drug-likeness (QED) is 0.683. The third-order valence-corrected chi connectivity index (χ3v) is 4.12. The molecule has 0 saturated carbocycles. The lowest BCUT2D eigenvalue weighted by molar-refractivity contribution is -0.385. The Bertz CT molecular complexity index is 573. The fraction of sp³-hybridized carbons (Fsp3) is 0.533. The van der Waals surface area contributed by atoms with Gasteiger partial charge in [0, 0.05) is 17.7 Å². The lowest BCUT2D eigenvalue weighted by Crippen LogP contribution is -2.37. The summed E-state index contributed by atoms with van der Waals surface area (Å²) in [6.45, 7) is 7.55. The molecule has 2 rings (SSSR count). The highest BCUT2D eigenvalue weighted by Crippen LogP contribution is 2.31. The molecule has 0 radical (unpaired) electrons. The zero-order valence-corrected chi connectivity index (χ0v) is 12.8. The molecule has 21 heavy (non-hydrogen) atoms. The second-order valence-corrected chi connectivity index (χ2v) is 5.60. The predicted molar refractivity (Wildman–Crippen MR) is 79.8 cm³/mol. The van der Waals surface area contributed by atoms with Crippen molar-refractivity contribution in [2.24, 2.45) is 0 Å². The van der Waals surface area contributed by atoms with E-state index >= 15 is 0 Å². The molecule has 1 aromatic rings. The number of nitro groups is 1. The Kier molecular flexibility index (Phi) is 4.27. The van der Waals surface area contributed by atoms with E-state index in [4.69, 9.17) is 0 Å². The molecular formula is C15H21N3O3. The van der Waals surface area contributed by atoms with Gasteiger partial charge in [-0.25, -0.2) is 0 Å². The van der Waals surface area contributed by atoms with Gasteiger partial charge in [0.25, 0.3) is 5.69 Å². The van der Waals surface area contributed by atoms with Gasteiger partial charge in [0.05, 0.1) is 11.0 Å². The molecule has 1 amide bonds. The van der Waals surface area contributed by atoms with E-state index in [9.17, 15) is 14.9 Å². The van der Waals surface area contributed by atoms with Gasteiger partial charge in [-0.2, -0.15) is 0 Å². The molecule has 3 atom stereocenters. The maximum atomic E-state index is 12.3. The summed E-state index contributed by atoms with van der Waals surface area (Å²) in [5, 5.41) is 14.3. The normalized spacial score (nSPS) is 23.4. The molecule has 1 aliphatic heterocycles. The van der Waals surface area contributed by atoms with Crippen LogP contribution in [0.1, 0.15) is 44.5 Å². The van der Waals surface area contributed by atoms with E-state index in [0.717, 1.165) is 12.0 Å². The second kappa shape index (κ2) is 5.81. The van der Waals surface area contributed by atoms with E-state index in [-0.39, 0.29) is 34.8 Å². The highest BCUT2D eigenvalue weighted by Gasteiger charge is 2.39. The zero-order valence-electron chi connectivity index (χ0n) is 12.8. The summed E-state index contributed by atoms with van der Waals surface area (Å²) >= 11 is 0. The number of carbonyl (C=O) groups excluding carboxylic acids is 1. The smallest absolute Gasteiger partial charge is 0.272 e. The van der Waals surface area contributed by atoms with Gasteiger partial charge in [-0.15, -0.1) is 0 Å². The number of rotatable bonds is 4. The minimum Gasteiger partial charge on any atom is -0.319 e. The molecule has 1 heterocycles. The van der Waals surface area contributed by atoms with Crippen LogP contribution >= 0.6 is 0 Å². The van der Waals surface area contributed by atoms with Crippen molar-refractivity contribution < 1.29 is 9.72 Å². The number of amides is 1. The summed E-state index contributed by atoms with van der Waals surface area (Å²) in [5.74, 6) is 0.0394. The van der Waals surface area contributed by atoms with Crippen molar-refractivity contribution in [3.63, 3.8) is 0 Å². The van der Waals surface area contributed by atoms with Crippen LogP contribution in [-0.4, -0.2) is 27.8 Å². The van der Waals surface area contributed by atoms with Crippen molar-refractivity contribution in [2.75, 3.05) is 0 Å². The first-order chi connectivity index (χ1) is 9.86. The van der Waals surface area contributed by atoms with E-state index in [0.29, 0.717) is 5.56 Å². The molecule has 0 aliphatic carbocycles. The molecule has 3 unspecified atom stereocenters. The first-order valence-corrected chi connectivity index (χ1v) is 7.20. The van der Waals surface area contributed by atoms with Crippen molar-refractivity contribution in [3.05, 3.63) is 39.4 Å². The lowest BCUT2D eigenvalue weighted by atomic mass is 10.1. The molecule has 1 N–H and O–H groups in total. The molecule has 1 fully saturated rings. The first kappa shape index (κ1) is 15.4. The van der Waals surface area contributed by atoms with Crippen LogP contribution in [0.25, 0.3) is 0 Å². The Balaban J connectivity index is 2.42. The van der Waals surface area contributed by atoms with E-state index in [1.807, 2.05) is 26.8 Å². The molecule has 0 bridgehead atoms. The van der Waals surface area contributed by atoms with Crippen molar-refractivity contribution in [1.82, 2.24) is 10.2 Å². The summed E-state index contributed by atoms with van der Waals surface area (Å²) in [4.78, 5) is 24.8. The molecule has 0 aromatic heterocycles. The van der Waals surface area contributed by atoms with Crippen LogP contribution < -0.4 is 5.32 Å². The summed E-state index contributed by atoms with van der Waals surface area (Å²) in [7, 11) is 0. The average molecular weight is 291 g/mol. The number of nitrogens with zero attached hydrogens (tertiary/aromatic N) is 2. The van der Waals surface area contributed by atoms with Crippen molar-refractivity contribution in [3.8, 4) is 0 Å². The average Bonchev–Trinajstić information content (AvgIpc) is 2.74. The maximum absolute atomic E-state index is 12.3. The number of hydrogen-bond acceptors (Lipinski definition) is 4. The molecule has 0 spiro atoms. The van der Waals surface area contributed by atoms with Gasteiger partial charge in [0.15, 0.2) is 0 Å². The Morgan fingerprint density at radius 3 is 2.71 bits per heavy atom. The molecule has 6 heteroatoms. The molecular weight excluding hydrogens is 270 g/mol. The lowest BCUT2D eigenvalue weighted by Gasteiger charge is -2.30. The van der Waals surface area contributed by atoms with Gasteiger partial charge in [-0.1, -0.05) is 19.1 Å². The standard InChI is InChI=1S/C15H21N3O3/c1-5-10(3)17-14(16-11(4)15(17)19)12-7-6-9(2)13(8-12)18(20)21/h6-8,10-11,14,16H,5H2,1-4H3. The van der Waals surface area contributed by atoms with Gasteiger partial charge in [-0.05, 0) is 32.8 Å². The van der Waals surface area contributed by atoms with E-state index in [2.05, 4.69) is 5.32 Å². The van der Waals surface area contributed by atoms with Crippen LogP contribution in [0.15, 0.2) is 18.2 Å². The van der Waals surface area contributed by atoms with Crippen LogP contribution in [0.3, 0.4) is 0 Å². The summed E-state index contributed by atoms with van der Waals surface area (Å²) in [6.07, 6.45) is 0.534. The van der Waals surface area contributed by atoms with Gasteiger partial charge < -0.3 is 4.90 Å². The number of hydrogen-bond donors (Lipinski definition) is 1. The Morgan fingerprint density at radius 2 is 2.14 bits per heavy atom. The van der Waals surface area contributed by atoms with Gasteiger partial charge >= 0.3 is 0 Å². The molecule has 114 valence electrons. The minimum absolute atomic E-state index is 0.0394. The highest BCUT2D eigenvalue weighted by molar-refractivity contribution is 5.84. The van der Waals surface area contributed by atoms with Crippen molar-refractivity contribution in [2.45, 2.75) is 52.4 Å². The number of nitrogens with one attached hydrogen (secondary N) is 1. The largest absolute Gasteiger partial charge is 0.319 e. The van der Waals surface area contributed by atoms with Crippen LogP contribution in [-0.2, 0) is 4.79 Å². The molecule has 6 nitrogen and oxygen atoms in total. The topological polar surface area (TPSA) is 75.5 Å². The van der Waals surface area contributed by atoms with Crippen molar-refractivity contribution in [1.29, 1.82) is 0 Å². The van der Waals surface area contributed by atoms with Gasteiger partial charge in [-0.3, -0.25) is 20.2 Å². The molecule has 1 aliphatic rings. The van der Waals surface area contributed by atoms with Gasteiger partial charge in [0.1, 0.15) is 6.17 Å².